The predicted octanol–water partition coefficient (Wildman–Crippen LogP) is 10.9. The summed E-state index contributed by atoms with van der Waals surface area (Å²) in [6, 6.07) is -0.984. The first-order chi connectivity index (χ1) is 29.8. The molecule has 1 rings (SSSR count). The molecule has 0 saturated carbocycles. The van der Waals surface area contributed by atoms with Gasteiger partial charge in [-0.05, 0) is 12.8 Å². The van der Waals surface area contributed by atoms with Gasteiger partial charge in [0.1, 0.15) is 30.5 Å². The normalized spacial score (nSPS) is 20.8. The van der Waals surface area contributed by atoms with Crippen molar-refractivity contribution in [1.82, 2.24) is 5.32 Å². The lowest BCUT2D eigenvalue weighted by Crippen LogP contribution is -2.60. The summed E-state index contributed by atoms with van der Waals surface area (Å²) in [7, 11) is 0. The van der Waals surface area contributed by atoms with Gasteiger partial charge in [0.25, 0.3) is 0 Å². The second-order valence-electron chi connectivity index (χ2n) is 18.8. The SMILES string of the molecule is CCCCCCCCCCCCCCCCCCCCCCCCCCCCCCC(=O)N[C@@H](CO[C@@H]1O[C@H](CO)[C@@H](O)C(O)C1O)[C@H](O)[C@H](O)CCCCCCCCCC. The monoisotopic (exact) mass is 872 g/mol. The van der Waals surface area contributed by atoms with Gasteiger partial charge in [-0.15, -0.1) is 0 Å². The van der Waals surface area contributed by atoms with E-state index in [9.17, 15) is 35.4 Å². The Morgan fingerprint density at radius 2 is 0.852 bits per heavy atom. The molecule has 1 amide bonds. The van der Waals surface area contributed by atoms with Crippen molar-refractivity contribution in [3.05, 3.63) is 0 Å². The number of aliphatic hydroxyl groups excluding tert-OH is 6. The van der Waals surface area contributed by atoms with E-state index < -0.39 is 55.6 Å². The third-order valence-corrected chi connectivity index (χ3v) is 13.1. The van der Waals surface area contributed by atoms with Crippen LogP contribution in [0.4, 0.5) is 0 Å². The molecule has 8 atom stereocenters. The maximum Gasteiger partial charge on any atom is 0.220 e. The van der Waals surface area contributed by atoms with Gasteiger partial charge in [-0.25, -0.2) is 0 Å². The molecule has 1 heterocycles. The number of hydrogen-bond acceptors (Lipinski definition) is 9. The lowest BCUT2D eigenvalue weighted by molar-refractivity contribution is -0.303. The predicted molar refractivity (Wildman–Crippen MR) is 250 cm³/mol. The molecule has 0 radical (unpaired) electrons. The number of carbonyl (C=O) groups excluding carboxylic acids is 1. The first-order valence-corrected chi connectivity index (χ1v) is 26.3. The number of aliphatic hydroxyl groups is 6. The molecule has 0 bridgehead atoms. The highest BCUT2D eigenvalue weighted by Gasteiger charge is 2.44. The molecular weight excluding hydrogens is 771 g/mol. The second-order valence-corrected chi connectivity index (χ2v) is 18.8. The van der Waals surface area contributed by atoms with Crippen molar-refractivity contribution < 1.29 is 44.9 Å². The quantitative estimate of drug-likeness (QED) is 0.0295. The zero-order chi connectivity index (χ0) is 44.6. The Labute approximate surface area is 375 Å². The van der Waals surface area contributed by atoms with Gasteiger partial charge < -0.3 is 45.4 Å². The first kappa shape index (κ1) is 58.2. The Kier molecular flexibility index (Phi) is 39.9. The van der Waals surface area contributed by atoms with Crippen LogP contribution in [-0.4, -0.2) is 98.7 Å². The molecule has 0 spiro atoms. The van der Waals surface area contributed by atoms with Crippen molar-refractivity contribution in [3.63, 3.8) is 0 Å². The standard InChI is InChI=1S/C51H101NO9/c1-3-5-7-9-11-13-14-15-16-17-18-19-20-21-22-23-24-25-26-27-28-29-30-31-32-34-36-38-40-46(55)52-43(42-60-51-50(59)49(58)48(57)45(41-53)61-51)47(56)44(54)39-37-35-33-12-10-8-6-4-2/h43-45,47-51,53-54,56-59H,3-42H2,1-2H3,(H,52,55)/t43-,44+,45+,47-,48+,49?,50?,51+/m0/s1. The van der Waals surface area contributed by atoms with E-state index in [2.05, 4.69) is 19.2 Å². The van der Waals surface area contributed by atoms with Crippen molar-refractivity contribution in [2.24, 2.45) is 0 Å². The minimum atomic E-state index is -1.60. The average molecular weight is 872 g/mol. The summed E-state index contributed by atoms with van der Waals surface area (Å²) >= 11 is 0. The summed E-state index contributed by atoms with van der Waals surface area (Å²) in [5.41, 5.74) is 0. The number of ether oxygens (including phenoxy) is 2. The van der Waals surface area contributed by atoms with Crippen LogP contribution in [0.1, 0.15) is 258 Å². The molecule has 1 fully saturated rings. The number of carbonyl (C=O) groups is 1. The fourth-order valence-electron chi connectivity index (χ4n) is 8.79. The van der Waals surface area contributed by atoms with Crippen molar-refractivity contribution >= 4 is 5.91 Å². The molecule has 0 aromatic rings. The van der Waals surface area contributed by atoms with E-state index in [1.165, 1.54) is 186 Å². The van der Waals surface area contributed by atoms with Crippen LogP contribution in [0.25, 0.3) is 0 Å². The fraction of sp³-hybridized carbons (Fsp3) is 0.980. The summed E-state index contributed by atoms with van der Waals surface area (Å²) < 4.78 is 11.1. The number of rotatable bonds is 45. The fourth-order valence-corrected chi connectivity index (χ4v) is 8.79. The van der Waals surface area contributed by atoms with Crippen LogP contribution < -0.4 is 5.32 Å². The summed E-state index contributed by atoms with van der Waals surface area (Å²) in [5, 5.41) is 65.0. The van der Waals surface area contributed by atoms with Gasteiger partial charge in [0.15, 0.2) is 6.29 Å². The zero-order valence-electron chi connectivity index (χ0n) is 39.8. The van der Waals surface area contributed by atoms with Crippen LogP contribution in [0.2, 0.25) is 0 Å². The largest absolute Gasteiger partial charge is 0.394 e. The van der Waals surface area contributed by atoms with E-state index in [0.29, 0.717) is 6.42 Å². The molecule has 0 aromatic carbocycles. The van der Waals surface area contributed by atoms with Gasteiger partial charge in [-0.3, -0.25) is 4.79 Å². The van der Waals surface area contributed by atoms with Crippen molar-refractivity contribution in [2.45, 2.75) is 307 Å². The van der Waals surface area contributed by atoms with Crippen LogP contribution in [0.15, 0.2) is 0 Å². The van der Waals surface area contributed by atoms with Gasteiger partial charge in [0.2, 0.25) is 5.91 Å². The van der Waals surface area contributed by atoms with Crippen molar-refractivity contribution in [1.29, 1.82) is 0 Å². The molecule has 1 aliphatic rings. The summed E-state index contributed by atoms with van der Waals surface area (Å²) in [5.74, 6) is -0.254. The van der Waals surface area contributed by atoms with E-state index in [4.69, 9.17) is 9.47 Å². The van der Waals surface area contributed by atoms with E-state index in [0.717, 1.165) is 44.9 Å². The molecule has 61 heavy (non-hydrogen) atoms. The molecule has 10 heteroatoms. The highest BCUT2D eigenvalue weighted by Crippen LogP contribution is 2.23. The third-order valence-electron chi connectivity index (χ3n) is 13.1. The first-order valence-electron chi connectivity index (χ1n) is 26.3. The number of amides is 1. The van der Waals surface area contributed by atoms with Crippen molar-refractivity contribution in [3.8, 4) is 0 Å². The van der Waals surface area contributed by atoms with E-state index in [1.54, 1.807) is 0 Å². The molecule has 1 aliphatic heterocycles. The molecule has 0 aromatic heterocycles. The Hall–Kier alpha value is -0.850. The molecule has 7 N–H and O–H groups in total. The van der Waals surface area contributed by atoms with E-state index >= 15 is 0 Å². The van der Waals surface area contributed by atoms with Gasteiger partial charge in [-0.1, -0.05) is 239 Å². The molecular formula is C51H101NO9. The van der Waals surface area contributed by atoms with Crippen LogP contribution in [-0.2, 0) is 14.3 Å². The zero-order valence-corrected chi connectivity index (χ0v) is 39.8. The topological polar surface area (TPSA) is 169 Å². The summed E-state index contributed by atoms with van der Waals surface area (Å²) in [6.45, 7) is 3.59. The lowest BCUT2D eigenvalue weighted by atomic mass is 9.98. The molecule has 364 valence electrons. The Balaban J connectivity index is 2.14. The van der Waals surface area contributed by atoms with Crippen LogP contribution in [0, 0.1) is 0 Å². The van der Waals surface area contributed by atoms with Crippen LogP contribution >= 0.6 is 0 Å². The highest BCUT2D eigenvalue weighted by atomic mass is 16.7. The molecule has 2 unspecified atom stereocenters. The van der Waals surface area contributed by atoms with Gasteiger partial charge in [0.05, 0.1) is 25.4 Å². The van der Waals surface area contributed by atoms with Gasteiger partial charge in [0, 0.05) is 6.42 Å². The molecule has 10 nitrogen and oxygen atoms in total. The van der Waals surface area contributed by atoms with Crippen molar-refractivity contribution in [2.75, 3.05) is 13.2 Å². The Morgan fingerprint density at radius 1 is 0.508 bits per heavy atom. The number of unbranched alkanes of at least 4 members (excludes halogenated alkanes) is 34. The second kappa shape index (κ2) is 41.8. The van der Waals surface area contributed by atoms with E-state index in [-0.39, 0.29) is 18.9 Å². The third kappa shape index (κ3) is 31.6. The highest BCUT2D eigenvalue weighted by molar-refractivity contribution is 5.76. The van der Waals surface area contributed by atoms with E-state index in [1.807, 2.05) is 0 Å². The summed E-state index contributed by atoms with van der Waals surface area (Å²) in [4.78, 5) is 13.0. The lowest BCUT2D eigenvalue weighted by Gasteiger charge is -2.40. The maximum atomic E-state index is 13.0. The maximum absolute atomic E-state index is 13.0. The van der Waals surface area contributed by atoms with Crippen LogP contribution in [0.3, 0.4) is 0 Å². The Morgan fingerprint density at radius 3 is 1.21 bits per heavy atom. The average Bonchev–Trinajstić information content (AvgIpc) is 3.26. The number of nitrogens with one attached hydrogen (secondary N) is 1. The van der Waals surface area contributed by atoms with Gasteiger partial charge in [-0.2, -0.15) is 0 Å². The minimum absolute atomic E-state index is 0.254. The minimum Gasteiger partial charge on any atom is -0.394 e. The number of hydrogen-bond donors (Lipinski definition) is 7. The smallest absolute Gasteiger partial charge is 0.220 e. The van der Waals surface area contributed by atoms with Crippen LogP contribution in [0.5, 0.6) is 0 Å². The Bertz CT molecular complexity index is 942. The van der Waals surface area contributed by atoms with Gasteiger partial charge >= 0.3 is 0 Å². The molecule has 1 saturated heterocycles. The summed E-state index contributed by atoms with van der Waals surface area (Å²) in [6.07, 6.45) is 37.3. The molecule has 0 aliphatic carbocycles.